The molecule has 0 aliphatic carbocycles. The maximum absolute atomic E-state index is 11.6. The lowest BCUT2D eigenvalue weighted by Gasteiger charge is -2.19. The van der Waals surface area contributed by atoms with Crippen LogP contribution in [0.5, 0.6) is 0 Å². The lowest BCUT2D eigenvalue weighted by atomic mass is 10.2. The topological polar surface area (TPSA) is 66.5 Å². The Kier molecular flexibility index (Phi) is 5.76. The minimum absolute atomic E-state index is 0.470. The average Bonchev–Trinajstić information content (AvgIpc) is 2.28. The van der Waals surface area contributed by atoms with Crippen molar-refractivity contribution in [3.05, 3.63) is 18.3 Å². The molecule has 0 atom stereocenters. The number of ether oxygens (including phenoxy) is 1. The Morgan fingerprint density at radius 1 is 1.35 bits per heavy atom. The minimum Gasteiger partial charge on any atom is -0.444 e. The first kappa shape index (κ1) is 16.2. The molecule has 0 radical (unpaired) electrons. The summed E-state index contributed by atoms with van der Waals surface area (Å²) in [7, 11) is 4.04. The molecule has 0 aromatic carbocycles. The molecular formula is C14H24N4O2. The van der Waals surface area contributed by atoms with E-state index in [1.54, 1.807) is 12.3 Å². The monoisotopic (exact) mass is 280 g/mol. The third kappa shape index (κ3) is 6.94. The van der Waals surface area contributed by atoms with Crippen molar-refractivity contribution in [2.45, 2.75) is 26.4 Å². The van der Waals surface area contributed by atoms with Crippen LogP contribution in [-0.2, 0) is 4.74 Å². The molecule has 1 aromatic heterocycles. The molecule has 6 heteroatoms. The van der Waals surface area contributed by atoms with E-state index in [0.29, 0.717) is 5.82 Å². The fraction of sp³-hybridized carbons (Fsp3) is 0.571. The van der Waals surface area contributed by atoms with Crippen LogP contribution in [0.25, 0.3) is 0 Å². The van der Waals surface area contributed by atoms with Gasteiger partial charge in [-0.15, -0.1) is 0 Å². The highest BCUT2D eigenvalue weighted by atomic mass is 16.6. The van der Waals surface area contributed by atoms with Gasteiger partial charge in [0.05, 0.1) is 11.9 Å². The molecule has 0 spiro atoms. The van der Waals surface area contributed by atoms with Crippen LogP contribution in [0.2, 0.25) is 0 Å². The Morgan fingerprint density at radius 3 is 2.55 bits per heavy atom. The number of carbonyl (C=O) groups is 1. The van der Waals surface area contributed by atoms with Gasteiger partial charge in [0.2, 0.25) is 0 Å². The van der Waals surface area contributed by atoms with Crippen LogP contribution in [-0.4, -0.2) is 48.8 Å². The predicted octanol–water partition coefficient (Wildman–Crippen LogP) is 2.40. The highest BCUT2D eigenvalue weighted by Crippen LogP contribution is 2.12. The number of rotatable bonds is 5. The summed E-state index contributed by atoms with van der Waals surface area (Å²) in [5.74, 6) is 0.470. The molecule has 6 nitrogen and oxygen atoms in total. The van der Waals surface area contributed by atoms with Gasteiger partial charge in [-0.2, -0.15) is 0 Å². The molecule has 1 amide bonds. The highest BCUT2D eigenvalue weighted by Gasteiger charge is 2.16. The summed E-state index contributed by atoms with van der Waals surface area (Å²) in [6, 6.07) is 3.61. The van der Waals surface area contributed by atoms with E-state index in [1.807, 2.05) is 40.9 Å². The van der Waals surface area contributed by atoms with Crippen LogP contribution in [0.1, 0.15) is 20.8 Å². The third-order valence-corrected chi connectivity index (χ3v) is 2.28. The summed E-state index contributed by atoms with van der Waals surface area (Å²) in [6.45, 7) is 7.23. The van der Waals surface area contributed by atoms with Crippen molar-refractivity contribution >= 4 is 17.6 Å². The van der Waals surface area contributed by atoms with Crippen molar-refractivity contribution in [2.75, 3.05) is 37.8 Å². The van der Waals surface area contributed by atoms with Gasteiger partial charge in [0, 0.05) is 13.1 Å². The Balaban J connectivity index is 2.44. The molecule has 1 aromatic rings. The summed E-state index contributed by atoms with van der Waals surface area (Å²) in [6.07, 6.45) is 1.18. The summed E-state index contributed by atoms with van der Waals surface area (Å²) in [4.78, 5) is 17.8. The van der Waals surface area contributed by atoms with Crippen LogP contribution >= 0.6 is 0 Å². The second kappa shape index (κ2) is 7.09. The highest BCUT2D eigenvalue weighted by molar-refractivity contribution is 5.83. The number of nitrogens with zero attached hydrogens (tertiary/aromatic N) is 2. The van der Waals surface area contributed by atoms with Gasteiger partial charge in [-0.25, -0.2) is 9.78 Å². The van der Waals surface area contributed by atoms with Crippen LogP contribution < -0.4 is 10.6 Å². The fourth-order valence-electron chi connectivity index (χ4n) is 1.40. The van der Waals surface area contributed by atoms with Crippen molar-refractivity contribution in [3.63, 3.8) is 0 Å². The molecular weight excluding hydrogens is 256 g/mol. The first-order valence-corrected chi connectivity index (χ1v) is 6.61. The third-order valence-electron chi connectivity index (χ3n) is 2.28. The SMILES string of the molecule is CN(C)CCNc1ccc(NC(=O)OC(C)(C)C)nc1. The van der Waals surface area contributed by atoms with Gasteiger partial charge in [-0.05, 0) is 47.0 Å². The first-order chi connectivity index (χ1) is 9.26. The van der Waals surface area contributed by atoms with Gasteiger partial charge in [0.1, 0.15) is 11.4 Å². The zero-order valence-corrected chi connectivity index (χ0v) is 12.9. The van der Waals surface area contributed by atoms with Gasteiger partial charge < -0.3 is 15.0 Å². The van der Waals surface area contributed by atoms with E-state index in [9.17, 15) is 4.79 Å². The predicted molar refractivity (Wildman–Crippen MR) is 81.1 cm³/mol. The summed E-state index contributed by atoms with van der Waals surface area (Å²) < 4.78 is 5.15. The molecule has 0 saturated carbocycles. The number of likely N-dealkylation sites (N-methyl/N-ethyl adjacent to an activating group) is 1. The molecule has 0 unspecified atom stereocenters. The van der Waals surface area contributed by atoms with Crippen molar-refractivity contribution in [3.8, 4) is 0 Å². The number of carbonyl (C=O) groups excluding carboxylic acids is 1. The first-order valence-electron chi connectivity index (χ1n) is 6.61. The van der Waals surface area contributed by atoms with Gasteiger partial charge in [0.25, 0.3) is 0 Å². The van der Waals surface area contributed by atoms with E-state index in [0.717, 1.165) is 18.8 Å². The maximum Gasteiger partial charge on any atom is 0.413 e. The van der Waals surface area contributed by atoms with E-state index in [-0.39, 0.29) is 0 Å². The molecule has 0 aliphatic rings. The molecule has 0 fully saturated rings. The Bertz CT molecular complexity index is 424. The van der Waals surface area contributed by atoms with Gasteiger partial charge in [-0.1, -0.05) is 0 Å². The lowest BCUT2D eigenvalue weighted by Crippen LogP contribution is -2.27. The number of anilines is 2. The van der Waals surface area contributed by atoms with Crippen molar-refractivity contribution in [1.82, 2.24) is 9.88 Å². The zero-order valence-electron chi connectivity index (χ0n) is 12.9. The normalized spacial score (nSPS) is 11.3. The second-order valence-electron chi connectivity index (χ2n) is 5.79. The van der Waals surface area contributed by atoms with Crippen molar-refractivity contribution in [1.29, 1.82) is 0 Å². The van der Waals surface area contributed by atoms with Gasteiger partial charge >= 0.3 is 6.09 Å². The van der Waals surface area contributed by atoms with E-state index >= 15 is 0 Å². The van der Waals surface area contributed by atoms with Crippen LogP contribution in [0, 0.1) is 0 Å². The molecule has 0 saturated heterocycles. The number of nitrogens with one attached hydrogen (secondary N) is 2. The van der Waals surface area contributed by atoms with Gasteiger partial charge in [-0.3, -0.25) is 5.32 Å². The summed E-state index contributed by atoms with van der Waals surface area (Å²) >= 11 is 0. The van der Waals surface area contributed by atoms with Gasteiger partial charge in [0.15, 0.2) is 0 Å². The minimum atomic E-state index is -0.516. The van der Waals surface area contributed by atoms with Crippen LogP contribution in [0.3, 0.4) is 0 Å². The molecule has 20 heavy (non-hydrogen) atoms. The second-order valence-corrected chi connectivity index (χ2v) is 5.79. The summed E-state index contributed by atoms with van der Waals surface area (Å²) in [5.41, 5.74) is 0.402. The van der Waals surface area contributed by atoms with Crippen LogP contribution in [0.4, 0.5) is 16.3 Å². The van der Waals surface area contributed by atoms with E-state index in [1.165, 1.54) is 0 Å². The van der Waals surface area contributed by atoms with E-state index < -0.39 is 11.7 Å². The standard InChI is InChI=1S/C14H24N4O2/c1-14(2,3)20-13(19)17-12-7-6-11(10-16-12)15-8-9-18(4)5/h6-7,10,15H,8-9H2,1-5H3,(H,16,17,19). The quantitative estimate of drug-likeness (QED) is 0.867. The molecule has 1 heterocycles. The van der Waals surface area contributed by atoms with Crippen molar-refractivity contribution < 1.29 is 9.53 Å². The Labute approximate surface area is 120 Å². The van der Waals surface area contributed by atoms with E-state index in [2.05, 4.69) is 20.5 Å². The van der Waals surface area contributed by atoms with E-state index in [4.69, 9.17) is 4.74 Å². The molecule has 0 bridgehead atoms. The zero-order chi connectivity index (χ0) is 15.2. The number of aromatic nitrogens is 1. The molecule has 112 valence electrons. The average molecular weight is 280 g/mol. The summed E-state index contributed by atoms with van der Waals surface area (Å²) in [5, 5.41) is 5.84. The Hall–Kier alpha value is -1.82. The maximum atomic E-state index is 11.6. The number of amides is 1. The smallest absolute Gasteiger partial charge is 0.413 e. The molecule has 2 N–H and O–H groups in total. The molecule has 0 aliphatic heterocycles. The lowest BCUT2D eigenvalue weighted by molar-refractivity contribution is 0.0635. The Morgan fingerprint density at radius 2 is 2.05 bits per heavy atom. The number of pyridine rings is 1. The van der Waals surface area contributed by atoms with Crippen LogP contribution in [0.15, 0.2) is 18.3 Å². The number of hydrogen-bond donors (Lipinski definition) is 2. The largest absolute Gasteiger partial charge is 0.444 e. The molecule has 1 rings (SSSR count). The number of hydrogen-bond acceptors (Lipinski definition) is 5. The fourth-order valence-corrected chi connectivity index (χ4v) is 1.40. The van der Waals surface area contributed by atoms with Crippen molar-refractivity contribution in [2.24, 2.45) is 0 Å².